The molecule has 4 aromatic carbocycles. The van der Waals surface area contributed by atoms with Crippen LogP contribution in [0.3, 0.4) is 0 Å². The maximum absolute atomic E-state index is 2.68. The third-order valence-corrected chi connectivity index (χ3v) is 11.9. The Kier molecular flexibility index (Phi) is 6.06. The Bertz CT molecular complexity index is 2010. The van der Waals surface area contributed by atoms with Crippen LogP contribution in [-0.4, -0.2) is 0 Å². The normalized spacial score (nSPS) is 27.4. The Morgan fingerprint density at radius 3 is 1.86 bits per heavy atom. The van der Waals surface area contributed by atoms with Gasteiger partial charge in [0.05, 0.1) is 0 Å². The van der Waals surface area contributed by atoms with E-state index in [2.05, 4.69) is 124 Å². The number of aryl methyl sites for hydroxylation is 2. The van der Waals surface area contributed by atoms with Gasteiger partial charge in [0.2, 0.25) is 0 Å². The van der Waals surface area contributed by atoms with Crippen LogP contribution < -0.4 is 10.4 Å². The number of hydrogen-bond donors (Lipinski definition) is 0. The van der Waals surface area contributed by atoms with Gasteiger partial charge >= 0.3 is 0 Å². The maximum Gasteiger partial charge on any atom is 0.000197 e. The molecule has 0 aliphatic heterocycles. The summed E-state index contributed by atoms with van der Waals surface area (Å²) in [5.41, 5.74) is 12.5. The summed E-state index contributed by atoms with van der Waals surface area (Å²) in [4.78, 5) is 0. The second kappa shape index (κ2) is 10.1. The third kappa shape index (κ3) is 4.17. The van der Waals surface area contributed by atoms with Crippen LogP contribution in [0.25, 0.3) is 17.2 Å². The number of fused-ring (bicyclic) bond motifs is 2. The molecule has 1 atom stereocenters. The van der Waals surface area contributed by atoms with Crippen LogP contribution in [0.2, 0.25) is 0 Å². The summed E-state index contributed by atoms with van der Waals surface area (Å²) in [6, 6.07) is 32.2. The van der Waals surface area contributed by atoms with E-state index in [-0.39, 0.29) is 0 Å². The largest absolute Gasteiger partial charge is 0.0737 e. The summed E-state index contributed by atoms with van der Waals surface area (Å²) in [6.45, 7) is 6.83. The number of rotatable bonds is 4. The fourth-order valence-corrected chi connectivity index (χ4v) is 10.2. The summed E-state index contributed by atoms with van der Waals surface area (Å²) >= 11 is 0. The van der Waals surface area contributed by atoms with Gasteiger partial charge in [0.15, 0.2) is 0 Å². The van der Waals surface area contributed by atoms with E-state index in [0.29, 0.717) is 5.92 Å². The lowest BCUT2D eigenvalue weighted by molar-refractivity contribution is -0.0194. The molecule has 4 bridgehead atoms. The molecule has 10 rings (SSSR count). The van der Waals surface area contributed by atoms with Crippen molar-refractivity contribution in [2.75, 3.05) is 0 Å². The minimum absolute atomic E-state index is 0.404. The molecular weight excluding hydrogens is 528 g/mol. The van der Waals surface area contributed by atoms with Crippen LogP contribution in [0.5, 0.6) is 0 Å². The fraction of sp³-hybridized carbons (Fsp3) is 0.318. The summed E-state index contributed by atoms with van der Waals surface area (Å²) in [5.74, 6) is 4.99. The van der Waals surface area contributed by atoms with Gasteiger partial charge in [0.1, 0.15) is 0 Å². The van der Waals surface area contributed by atoms with Gasteiger partial charge in [-0.2, -0.15) is 0 Å². The predicted molar refractivity (Wildman–Crippen MR) is 183 cm³/mol. The molecule has 44 heavy (non-hydrogen) atoms. The van der Waals surface area contributed by atoms with E-state index < -0.39 is 0 Å². The van der Waals surface area contributed by atoms with Crippen molar-refractivity contribution in [3.8, 4) is 0 Å². The Hall–Kier alpha value is -3.90. The highest BCUT2D eigenvalue weighted by Crippen LogP contribution is 2.59. The van der Waals surface area contributed by atoms with Crippen LogP contribution in [0.4, 0.5) is 0 Å². The minimum Gasteiger partial charge on any atom is -0.0737 e. The molecule has 1 unspecified atom stereocenters. The van der Waals surface area contributed by atoms with E-state index in [1.165, 1.54) is 97.5 Å². The minimum atomic E-state index is 0.404. The topological polar surface area (TPSA) is 0 Å². The number of allylic oxidation sites excluding steroid dienone is 4. The van der Waals surface area contributed by atoms with Crippen molar-refractivity contribution in [2.45, 2.75) is 52.9 Å². The molecule has 4 saturated carbocycles. The molecule has 4 fully saturated rings. The Morgan fingerprint density at radius 2 is 1.23 bits per heavy atom. The zero-order valence-corrected chi connectivity index (χ0v) is 26.3. The first-order valence-electron chi connectivity index (χ1n) is 17.1. The molecular formula is C44H42. The van der Waals surface area contributed by atoms with E-state index in [1.54, 1.807) is 5.57 Å². The van der Waals surface area contributed by atoms with Crippen molar-refractivity contribution in [3.63, 3.8) is 0 Å². The molecule has 0 aromatic heterocycles. The summed E-state index contributed by atoms with van der Waals surface area (Å²) in [5, 5.41) is 5.44. The van der Waals surface area contributed by atoms with Gasteiger partial charge in [-0.3, -0.25) is 0 Å². The Labute approximate surface area is 261 Å². The second-order valence-corrected chi connectivity index (χ2v) is 14.8. The second-order valence-electron chi connectivity index (χ2n) is 14.8. The van der Waals surface area contributed by atoms with Gasteiger partial charge in [-0.15, -0.1) is 0 Å². The molecule has 0 amide bonds. The average Bonchev–Trinajstić information content (AvgIpc) is 3.58. The lowest BCUT2D eigenvalue weighted by Crippen LogP contribution is -2.45. The standard InChI is InChI=1S/C44H42/c1-26-8-12-31(13-9-26)43(32-14-10-27(2)11-15-32)39-17-16-38-37-7-5-4-6-33(37)24-41(38)44(39)40-25-34(18-28(40)3)42-35-20-29-19-30(22-35)23-36(42)21-29/h4-18,24-25,28-30,35-36,42H,19-23H2,1-3H3. The first kappa shape index (κ1) is 26.5. The van der Waals surface area contributed by atoms with Gasteiger partial charge in [-0.05, 0) is 141 Å². The summed E-state index contributed by atoms with van der Waals surface area (Å²) < 4.78 is 0. The first-order valence-corrected chi connectivity index (χ1v) is 17.1. The van der Waals surface area contributed by atoms with Crippen molar-refractivity contribution in [1.82, 2.24) is 0 Å². The van der Waals surface area contributed by atoms with E-state index in [9.17, 15) is 0 Å². The molecule has 0 spiro atoms. The van der Waals surface area contributed by atoms with Crippen LogP contribution >= 0.6 is 0 Å². The van der Waals surface area contributed by atoms with E-state index in [4.69, 9.17) is 0 Å². The van der Waals surface area contributed by atoms with E-state index in [1.807, 2.05) is 0 Å². The SMILES string of the molecule is Cc1ccc(C(c2ccc(C)cc2)=c2ccc3c(c2C2=CC(C4C5CC6CC(C5)CC4C6)=CC2C)C=c2ccccc2=3)cc1. The molecule has 0 N–H and O–H groups in total. The molecule has 218 valence electrons. The highest BCUT2D eigenvalue weighted by atomic mass is 14.5. The zero-order valence-electron chi connectivity index (χ0n) is 26.3. The van der Waals surface area contributed by atoms with Gasteiger partial charge in [0.25, 0.3) is 0 Å². The smallest absolute Gasteiger partial charge is 0.000197 e. The van der Waals surface area contributed by atoms with E-state index >= 15 is 0 Å². The number of benzene rings is 4. The lowest BCUT2D eigenvalue weighted by atomic mass is 9.50. The van der Waals surface area contributed by atoms with Gasteiger partial charge < -0.3 is 0 Å². The molecule has 0 nitrogen and oxygen atoms in total. The van der Waals surface area contributed by atoms with Crippen molar-refractivity contribution >= 4 is 17.2 Å². The highest BCUT2D eigenvalue weighted by molar-refractivity contribution is 5.88. The molecule has 0 heteroatoms. The quantitative estimate of drug-likeness (QED) is 0.202. The average molecular weight is 571 g/mol. The van der Waals surface area contributed by atoms with Crippen LogP contribution in [-0.2, 0) is 0 Å². The Balaban J connectivity index is 1.32. The van der Waals surface area contributed by atoms with Crippen molar-refractivity contribution in [1.29, 1.82) is 0 Å². The summed E-state index contributed by atoms with van der Waals surface area (Å²) in [6.07, 6.45) is 15.2. The molecule has 0 heterocycles. The van der Waals surface area contributed by atoms with Gasteiger partial charge in [0, 0.05) is 5.92 Å². The van der Waals surface area contributed by atoms with Gasteiger partial charge in [-0.25, -0.2) is 0 Å². The molecule has 4 aromatic rings. The Morgan fingerprint density at radius 1 is 0.614 bits per heavy atom. The van der Waals surface area contributed by atoms with Crippen molar-refractivity contribution < 1.29 is 0 Å². The lowest BCUT2D eigenvalue weighted by Gasteiger charge is -2.54. The molecule has 6 aliphatic rings. The zero-order chi connectivity index (χ0) is 29.5. The van der Waals surface area contributed by atoms with Gasteiger partial charge in [-0.1, -0.05) is 115 Å². The molecule has 6 aliphatic carbocycles. The maximum atomic E-state index is 2.68. The first-order chi connectivity index (χ1) is 21.5. The number of hydrogen-bond acceptors (Lipinski definition) is 0. The van der Waals surface area contributed by atoms with Crippen molar-refractivity contribution in [2.24, 2.45) is 35.5 Å². The van der Waals surface area contributed by atoms with Crippen LogP contribution in [0.1, 0.15) is 72.4 Å². The van der Waals surface area contributed by atoms with Crippen LogP contribution in [0, 0.1) is 59.8 Å². The monoisotopic (exact) mass is 570 g/mol. The highest BCUT2D eigenvalue weighted by Gasteiger charge is 2.49. The summed E-state index contributed by atoms with van der Waals surface area (Å²) in [7, 11) is 0. The third-order valence-electron chi connectivity index (χ3n) is 11.9. The van der Waals surface area contributed by atoms with Crippen molar-refractivity contribution in [3.05, 3.63) is 157 Å². The van der Waals surface area contributed by atoms with E-state index in [0.717, 1.165) is 29.6 Å². The molecule has 0 radical (unpaired) electrons. The van der Waals surface area contributed by atoms with Crippen LogP contribution in [0.15, 0.2) is 103 Å². The fourth-order valence-electron chi connectivity index (χ4n) is 10.2. The predicted octanol–water partition coefficient (Wildman–Crippen LogP) is 9.01. The molecule has 0 saturated heterocycles.